The summed E-state index contributed by atoms with van der Waals surface area (Å²) in [5.74, 6) is 0. The third-order valence-corrected chi connectivity index (χ3v) is 4.31. The molecule has 3 nitrogen and oxygen atoms in total. The van der Waals surface area contributed by atoms with Crippen molar-refractivity contribution in [1.82, 2.24) is 0 Å². The number of nitro groups is 1. The van der Waals surface area contributed by atoms with Gasteiger partial charge in [-0.15, -0.1) is 0 Å². The molecule has 0 spiro atoms. The second-order valence-corrected chi connectivity index (χ2v) is 5.52. The normalized spacial score (nSPS) is 12.7. The van der Waals surface area contributed by atoms with E-state index >= 15 is 0 Å². The van der Waals surface area contributed by atoms with E-state index in [1.54, 1.807) is 23.9 Å². The van der Waals surface area contributed by atoms with Gasteiger partial charge in [0, 0.05) is 21.9 Å². The number of hydrogen-bond acceptors (Lipinski definition) is 3. The average molecular weight is 257 g/mol. The molecule has 0 unspecified atom stereocenters. The van der Waals surface area contributed by atoms with Gasteiger partial charge < -0.3 is 0 Å². The maximum absolute atomic E-state index is 10.8. The fourth-order valence-electron chi connectivity index (χ4n) is 2.19. The van der Waals surface area contributed by atoms with Crippen LogP contribution >= 0.6 is 11.8 Å². The van der Waals surface area contributed by atoms with Gasteiger partial charge in [0.05, 0.1) is 4.92 Å². The standard InChI is InChI=1S/C14H11NO2S/c1-9-2-4-13-10(6-9)7-11-8-12(15(16)17)3-5-14(11)18-13/h2-6,8H,7H2,1H3. The number of benzene rings is 2. The third kappa shape index (κ3) is 1.88. The molecule has 4 heteroatoms. The highest BCUT2D eigenvalue weighted by Crippen LogP contribution is 2.40. The van der Waals surface area contributed by atoms with Crippen LogP contribution in [0, 0.1) is 17.0 Å². The van der Waals surface area contributed by atoms with Crippen molar-refractivity contribution in [3.8, 4) is 0 Å². The largest absolute Gasteiger partial charge is 0.269 e. The Balaban J connectivity index is 2.05. The number of nitro benzene ring substituents is 1. The van der Waals surface area contributed by atoms with E-state index < -0.39 is 0 Å². The fourth-order valence-corrected chi connectivity index (χ4v) is 3.22. The van der Waals surface area contributed by atoms with Crippen LogP contribution in [0.3, 0.4) is 0 Å². The van der Waals surface area contributed by atoms with Crippen LogP contribution < -0.4 is 0 Å². The number of fused-ring (bicyclic) bond motifs is 2. The Bertz CT molecular complexity index is 652. The monoisotopic (exact) mass is 257 g/mol. The Labute approximate surface area is 109 Å². The van der Waals surface area contributed by atoms with Gasteiger partial charge in [-0.1, -0.05) is 29.5 Å². The fraction of sp³-hybridized carbons (Fsp3) is 0.143. The summed E-state index contributed by atoms with van der Waals surface area (Å²) in [5, 5.41) is 10.8. The number of rotatable bonds is 1. The second kappa shape index (κ2) is 4.14. The molecule has 90 valence electrons. The lowest BCUT2D eigenvalue weighted by Gasteiger charge is -2.18. The van der Waals surface area contributed by atoms with Gasteiger partial charge in [-0.05, 0) is 36.6 Å². The van der Waals surface area contributed by atoms with E-state index in [1.165, 1.54) is 16.0 Å². The summed E-state index contributed by atoms with van der Waals surface area (Å²) in [7, 11) is 0. The number of aryl methyl sites for hydroxylation is 1. The number of non-ortho nitro benzene ring substituents is 1. The minimum atomic E-state index is -0.337. The summed E-state index contributed by atoms with van der Waals surface area (Å²) in [5.41, 5.74) is 3.70. The van der Waals surface area contributed by atoms with Gasteiger partial charge in [-0.3, -0.25) is 10.1 Å². The van der Waals surface area contributed by atoms with Gasteiger partial charge >= 0.3 is 0 Å². The first kappa shape index (κ1) is 11.3. The van der Waals surface area contributed by atoms with Gasteiger partial charge in [0.1, 0.15) is 0 Å². The van der Waals surface area contributed by atoms with Gasteiger partial charge in [0.15, 0.2) is 0 Å². The molecule has 18 heavy (non-hydrogen) atoms. The summed E-state index contributed by atoms with van der Waals surface area (Å²) in [6.45, 7) is 2.06. The second-order valence-electron chi connectivity index (χ2n) is 4.44. The molecule has 1 heterocycles. The highest BCUT2D eigenvalue weighted by atomic mass is 32.2. The molecule has 2 aromatic carbocycles. The van der Waals surface area contributed by atoms with Gasteiger partial charge in [0.25, 0.3) is 5.69 Å². The predicted molar refractivity (Wildman–Crippen MR) is 71.2 cm³/mol. The first-order valence-corrected chi connectivity index (χ1v) is 6.50. The van der Waals surface area contributed by atoms with E-state index in [0.29, 0.717) is 0 Å². The van der Waals surface area contributed by atoms with Crippen molar-refractivity contribution in [2.24, 2.45) is 0 Å². The molecule has 0 atom stereocenters. The van der Waals surface area contributed by atoms with E-state index in [0.717, 1.165) is 16.9 Å². The van der Waals surface area contributed by atoms with Gasteiger partial charge in [-0.25, -0.2) is 0 Å². The molecule has 1 aliphatic rings. The Morgan fingerprint density at radius 2 is 1.78 bits per heavy atom. The zero-order chi connectivity index (χ0) is 12.7. The molecular weight excluding hydrogens is 246 g/mol. The Morgan fingerprint density at radius 3 is 2.50 bits per heavy atom. The third-order valence-electron chi connectivity index (χ3n) is 3.07. The molecule has 0 bridgehead atoms. The van der Waals surface area contributed by atoms with Crippen LogP contribution in [0.2, 0.25) is 0 Å². The molecule has 0 fully saturated rings. The van der Waals surface area contributed by atoms with Crippen molar-refractivity contribution in [1.29, 1.82) is 0 Å². The zero-order valence-corrected chi connectivity index (χ0v) is 10.7. The highest BCUT2D eigenvalue weighted by Gasteiger charge is 2.18. The first-order valence-electron chi connectivity index (χ1n) is 5.68. The Kier molecular flexibility index (Phi) is 2.59. The van der Waals surface area contributed by atoms with Crippen LogP contribution in [-0.2, 0) is 6.42 Å². The van der Waals surface area contributed by atoms with Crippen molar-refractivity contribution in [3.63, 3.8) is 0 Å². The Hall–Kier alpha value is -1.81. The van der Waals surface area contributed by atoms with E-state index in [-0.39, 0.29) is 10.6 Å². The lowest BCUT2D eigenvalue weighted by atomic mass is 10.0. The van der Waals surface area contributed by atoms with Crippen molar-refractivity contribution < 1.29 is 4.92 Å². The lowest BCUT2D eigenvalue weighted by molar-refractivity contribution is -0.385. The quantitative estimate of drug-likeness (QED) is 0.489. The first-order chi connectivity index (χ1) is 8.63. The molecule has 2 aromatic rings. The number of nitrogens with zero attached hydrogens (tertiary/aromatic N) is 1. The smallest absolute Gasteiger partial charge is 0.258 e. The maximum Gasteiger partial charge on any atom is 0.269 e. The molecular formula is C14H11NO2S. The van der Waals surface area contributed by atoms with E-state index in [1.807, 2.05) is 6.07 Å². The highest BCUT2D eigenvalue weighted by molar-refractivity contribution is 7.99. The van der Waals surface area contributed by atoms with Crippen LogP contribution in [-0.4, -0.2) is 4.92 Å². The molecule has 0 saturated carbocycles. The predicted octanol–water partition coefficient (Wildman–Crippen LogP) is 3.96. The summed E-state index contributed by atoms with van der Waals surface area (Å²) in [6.07, 6.45) is 0.779. The molecule has 3 rings (SSSR count). The van der Waals surface area contributed by atoms with E-state index in [4.69, 9.17) is 0 Å². The molecule has 1 aliphatic heterocycles. The van der Waals surface area contributed by atoms with Crippen LogP contribution in [0.5, 0.6) is 0 Å². The lowest BCUT2D eigenvalue weighted by Crippen LogP contribution is -2.01. The minimum Gasteiger partial charge on any atom is -0.258 e. The minimum absolute atomic E-state index is 0.172. The summed E-state index contributed by atoms with van der Waals surface area (Å²) in [6, 6.07) is 11.5. The molecule has 0 aromatic heterocycles. The molecule has 0 amide bonds. The summed E-state index contributed by atoms with van der Waals surface area (Å²) in [4.78, 5) is 12.8. The summed E-state index contributed by atoms with van der Waals surface area (Å²) < 4.78 is 0. The van der Waals surface area contributed by atoms with Crippen molar-refractivity contribution in [3.05, 3.63) is 63.2 Å². The van der Waals surface area contributed by atoms with E-state index in [2.05, 4.69) is 25.1 Å². The topological polar surface area (TPSA) is 43.1 Å². The van der Waals surface area contributed by atoms with Crippen molar-refractivity contribution >= 4 is 17.4 Å². The molecule has 0 N–H and O–H groups in total. The Morgan fingerprint density at radius 1 is 1.11 bits per heavy atom. The van der Waals surface area contributed by atoms with E-state index in [9.17, 15) is 10.1 Å². The zero-order valence-electron chi connectivity index (χ0n) is 9.84. The summed E-state index contributed by atoms with van der Waals surface area (Å²) >= 11 is 1.69. The van der Waals surface area contributed by atoms with Crippen LogP contribution in [0.25, 0.3) is 0 Å². The SMILES string of the molecule is Cc1ccc2c(c1)Cc1cc([N+](=O)[O-])ccc1S2. The molecule has 0 saturated heterocycles. The average Bonchev–Trinajstić information content (AvgIpc) is 2.35. The van der Waals surface area contributed by atoms with Crippen molar-refractivity contribution in [2.75, 3.05) is 0 Å². The van der Waals surface area contributed by atoms with Crippen LogP contribution in [0.4, 0.5) is 5.69 Å². The number of hydrogen-bond donors (Lipinski definition) is 0. The molecule has 0 radical (unpaired) electrons. The van der Waals surface area contributed by atoms with Gasteiger partial charge in [0.2, 0.25) is 0 Å². The maximum atomic E-state index is 10.8. The molecule has 0 aliphatic carbocycles. The van der Waals surface area contributed by atoms with Crippen molar-refractivity contribution in [2.45, 2.75) is 23.1 Å². The van der Waals surface area contributed by atoms with Crippen LogP contribution in [0.15, 0.2) is 46.2 Å². The van der Waals surface area contributed by atoms with Crippen LogP contribution in [0.1, 0.15) is 16.7 Å². The van der Waals surface area contributed by atoms with Gasteiger partial charge in [-0.2, -0.15) is 0 Å².